The Kier molecular flexibility index (Phi) is 5.89. The van der Waals surface area contributed by atoms with Crippen LogP contribution in [0, 0.1) is 12.8 Å². The van der Waals surface area contributed by atoms with E-state index < -0.39 is 17.9 Å². The number of fused-ring (bicyclic) bond motifs is 1. The van der Waals surface area contributed by atoms with E-state index in [-0.39, 0.29) is 35.7 Å². The van der Waals surface area contributed by atoms with Crippen molar-refractivity contribution in [3.63, 3.8) is 0 Å². The second-order valence-electron chi connectivity index (χ2n) is 8.95. The van der Waals surface area contributed by atoms with E-state index in [1.807, 2.05) is 18.7 Å². The third-order valence-corrected chi connectivity index (χ3v) is 6.16. The van der Waals surface area contributed by atoms with Crippen molar-refractivity contribution in [2.45, 2.75) is 64.3 Å². The zero-order valence-electron chi connectivity index (χ0n) is 18.9. The SMILES string of the molecule is Cc1nc(N(c2cnc(C(F)(F)F)cn2)[C@H]2CC[C@@H](N)C2)nc2c1NC(=O)[C@H](C(C)C)N2C. The van der Waals surface area contributed by atoms with Crippen LogP contribution in [0.5, 0.6) is 0 Å². The minimum atomic E-state index is -4.59. The third-order valence-electron chi connectivity index (χ3n) is 6.16. The van der Waals surface area contributed by atoms with E-state index in [9.17, 15) is 18.0 Å². The van der Waals surface area contributed by atoms with Gasteiger partial charge in [0, 0.05) is 19.1 Å². The minimum absolute atomic E-state index is 0.0339. The highest BCUT2D eigenvalue weighted by atomic mass is 19.4. The molecular weight excluding hydrogens is 437 g/mol. The Morgan fingerprint density at radius 2 is 1.94 bits per heavy atom. The van der Waals surface area contributed by atoms with E-state index in [4.69, 9.17) is 10.7 Å². The van der Waals surface area contributed by atoms with E-state index in [2.05, 4.69) is 20.3 Å². The van der Waals surface area contributed by atoms with Crippen molar-refractivity contribution in [1.29, 1.82) is 0 Å². The number of anilines is 4. The number of hydrogen-bond donors (Lipinski definition) is 2. The second-order valence-corrected chi connectivity index (χ2v) is 8.95. The molecule has 1 aliphatic carbocycles. The highest BCUT2D eigenvalue weighted by molar-refractivity contribution is 6.03. The maximum atomic E-state index is 13.0. The largest absolute Gasteiger partial charge is 0.434 e. The summed E-state index contributed by atoms with van der Waals surface area (Å²) in [5, 5.41) is 2.90. The molecule has 9 nitrogen and oxygen atoms in total. The molecule has 4 rings (SSSR count). The predicted molar refractivity (Wildman–Crippen MR) is 117 cm³/mol. The molecule has 2 aromatic rings. The van der Waals surface area contributed by atoms with Crippen LogP contribution >= 0.6 is 0 Å². The van der Waals surface area contributed by atoms with Gasteiger partial charge in [-0.1, -0.05) is 13.8 Å². The molecule has 0 spiro atoms. The van der Waals surface area contributed by atoms with Gasteiger partial charge in [0.15, 0.2) is 17.3 Å². The first kappa shape index (κ1) is 23.1. The van der Waals surface area contributed by atoms with E-state index in [0.29, 0.717) is 36.2 Å². The Balaban J connectivity index is 1.80. The van der Waals surface area contributed by atoms with Gasteiger partial charge in [0.2, 0.25) is 11.9 Å². The highest BCUT2D eigenvalue weighted by Gasteiger charge is 2.38. The first-order chi connectivity index (χ1) is 15.5. The van der Waals surface area contributed by atoms with Crippen molar-refractivity contribution >= 4 is 29.2 Å². The number of alkyl halides is 3. The van der Waals surface area contributed by atoms with Crippen LogP contribution in [0.15, 0.2) is 12.4 Å². The molecule has 3 atom stereocenters. The molecule has 0 saturated heterocycles. The zero-order valence-corrected chi connectivity index (χ0v) is 18.9. The standard InChI is InChI=1S/C21H27F3N8O/c1-10(2)17-19(33)29-16-11(3)28-20(30-18(16)31(17)4)32(13-6-5-12(25)7-13)15-9-26-14(8-27-15)21(22,23)24/h8-10,12-13,17H,5-7,25H2,1-4H3,(H,29,33)/t12-,13+,17+/m1/s1. The van der Waals surface area contributed by atoms with Gasteiger partial charge in [-0.05, 0) is 32.1 Å². The second kappa shape index (κ2) is 8.40. The van der Waals surface area contributed by atoms with Crippen LogP contribution in [-0.4, -0.2) is 51.0 Å². The summed E-state index contributed by atoms with van der Waals surface area (Å²) in [4.78, 5) is 33.1. The molecule has 0 bridgehead atoms. The van der Waals surface area contributed by atoms with E-state index >= 15 is 0 Å². The number of carbonyl (C=O) groups is 1. The van der Waals surface area contributed by atoms with Crippen LogP contribution in [-0.2, 0) is 11.0 Å². The Labute approximate surface area is 189 Å². The number of aryl methyl sites for hydroxylation is 1. The van der Waals surface area contributed by atoms with Crippen LogP contribution in [0.2, 0.25) is 0 Å². The van der Waals surface area contributed by atoms with Gasteiger partial charge < -0.3 is 16.0 Å². The number of rotatable bonds is 4. The summed E-state index contributed by atoms with van der Waals surface area (Å²) in [6.07, 6.45) is -0.687. The molecule has 3 N–H and O–H groups in total. The number of halogens is 3. The lowest BCUT2D eigenvalue weighted by molar-refractivity contribution is -0.141. The van der Waals surface area contributed by atoms with Gasteiger partial charge in [0.05, 0.1) is 18.1 Å². The quantitative estimate of drug-likeness (QED) is 0.710. The number of likely N-dealkylation sites (N-methyl/N-ethyl adjacent to an activating group) is 1. The molecule has 3 heterocycles. The Bertz CT molecular complexity index is 1040. The molecule has 1 saturated carbocycles. The fourth-order valence-electron chi connectivity index (χ4n) is 4.58. The van der Waals surface area contributed by atoms with Crippen LogP contribution in [0.1, 0.15) is 44.5 Å². The van der Waals surface area contributed by atoms with Gasteiger partial charge in [0.25, 0.3) is 0 Å². The van der Waals surface area contributed by atoms with Crippen molar-refractivity contribution < 1.29 is 18.0 Å². The molecule has 1 aliphatic heterocycles. The van der Waals surface area contributed by atoms with Gasteiger partial charge >= 0.3 is 6.18 Å². The van der Waals surface area contributed by atoms with Gasteiger partial charge in [-0.2, -0.15) is 18.2 Å². The predicted octanol–water partition coefficient (Wildman–Crippen LogP) is 3.02. The molecule has 1 fully saturated rings. The molecule has 178 valence electrons. The molecule has 2 aromatic heterocycles. The minimum Gasteiger partial charge on any atom is -0.345 e. The molecule has 1 amide bonds. The molecule has 33 heavy (non-hydrogen) atoms. The summed E-state index contributed by atoms with van der Waals surface area (Å²) in [5.41, 5.74) is 6.12. The van der Waals surface area contributed by atoms with Crippen LogP contribution in [0.25, 0.3) is 0 Å². The number of nitrogens with zero attached hydrogens (tertiary/aromatic N) is 6. The summed E-state index contributed by atoms with van der Waals surface area (Å²) in [5.74, 6) is 0.940. The average molecular weight is 464 g/mol. The van der Waals surface area contributed by atoms with Gasteiger partial charge in [-0.15, -0.1) is 0 Å². The average Bonchev–Trinajstić information content (AvgIpc) is 3.14. The lowest BCUT2D eigenvalue weighted by atomic mass is 9.99. The summed E-state index contributed by atoms with van der Waals surface area (Å²) in [7, 11) is 1.80. The third kappa shape index (κ3) is 4.31. The fourth-order valence-corrected chi connectivity index (χ4v) is 4.58. The summed E-state index contributed by atoms with van der Waals surface area (Å²) < 4.78 is 39.0. The topological polar surface area (TPSA) is 113 Å². The fraction of sp³-hybridized carbons (Fsp3) is 0.571. The number of hydrogen-bond acceptors (Lipinski definition) is 8. The zero-order chi connectivity index (χ0) is 24.1. The maximum Gasteiger partial charge on any atom is 0.434 e. The van der Waals surface area contributed by atoms with Gasteiger partial charge in [0.1, 0.15) is 11.7 Å². The smallest absolute Gasteiger partial charge is 0.345 e. The number of nitrogens with one attached hydrogen (secondary N) is 1. The van der Waals surface area contributed by atoms with E-state index in [0.717, 1.165) is 12.6 Å². The molecule has 0 unspecified atom stereocenters. The number of amides is 1. The number of aromatic nitrogens is 4. The highest BCUT2D eigenvalue weighted by Crippen LogP contribution is 2.38. The Hall–Kier alpha value is -3.02. The number of nitrogens with two attached hydrogens (primary N) is 1. The van der Waals surface area contributed by atoms with Crippen molar-refractivity contribution in [2.75, 3.05) is 22.2 Å². The number of carbonyl (C=O) groups excluding carboxylic acids is 1. The maximum absolute atomic E-state index is 13.0. The van der Waals surface area contributed by atoms with Crippen LogP contribution in [0.4, 0.5) is 36.4 Å². The molecule has 12 heteroatoms. The molecule has 0 radical (unpaired) electrons. The Morgan fingerprint density at radius 1 is 1.21 bits per heavy atom. The van der Waals surface area contributed by atoms with Gasteiger partial charge in [-0.3, -0.25) is 9.69 Å². The lowest BCUT2D eigenvalue weighted by Crippen LogP contribution is -2.50. The Morgan fingerprint density at radius 3 is 2.48 bits per heavy atom. The molecule has 2 aliphatic rings. The van der Waals surface area contributed by atoms with Crippen molar-refractivity contribution in [3.05, 3.63) is 23.8 Å². The van der Waals surface area contributed by atoms with E-state index in [1.165, 1.54) is 0 Å². The summed E-state index contributed by atoms with van der Waals surface area (Å²) in [6, 6.07) is -0.599. The van der Waals surface area contributed by atoms with Crippen molar-refractivity contribution in [3.8, 4) is 0 Å². The van der Waals surface area contributed by atoms with Crippen molar-refractivity contribution in [2.24, 2.45) is 11.7 Å². The van der Waals surface area contributed by atoms with Crippen molar-refractivity contribution in [1.82, 2.24) is 19.9 Å². The lowest BCUT2D eigenvalue weighted by Gasteiger charge is -2.38. The first-order valence-corrected chi connectivity index (χ1v) is 10.8. The first-order valence-electron chi connectivity index (χ1n) is 10.8. The van der Waals surface area contributed by atoms with Crippen LogP contribution < -0.4 is 20.9 Å². The van der Waals surface area contributed by atoms with Gasteiger partial charge in [-0.25, -0.2) is 15.0 Å². The monoisotopic (exact) mass is 464 g/mol. The van der Waals surface area contributed by atoms with E-state index in [1.54, 1.807) is 18.9 Å². The summed E-state index contributed by atoms with van der Waals surface area (Å²) >= 11 is 0. The van der Waals surface area contributed by atoms with Crippen LogP contribution in [0.3, 0.4) is 0 Å². The molecule has 0 aromatic carbocycles. The summed E-state index contributed by atoms with van der Waals surface area (Å²) in [6.45, 7) is 5.65. The normalized spacial score (nSPS) is 23.0. The molecular formula is C21H27F3N8O.